The lowest BCUT2D eigenvalue weighted by Gasteiger charge is -2.07. The highest BCUT2D eigenvalue weighted by molar-refractivity contribution is 6.35. The maximum Gasteiger partial charge on any atom is 0.256 e. The summed E-state index contributed by atoms with van der Waals surface area (Å²) in [6.45, 7) is 0. The van der Waals surface area contributed by atoms with E-state index in [1.54, 1.807) is 47.4 Å². The van der Waals surface area contributed by atoms with Gasteiger partial charge in [-0.1, -0.05) is 23.7 Å². The van der Waals surface area contributed by atoms with E-state index in [0.717, 1.165) is 11.1 Å². The number of nitrogens with zero attached hydrogens (tertiary/aromatic N) is 4. The summed E-state index contributed by atoms with van der Waals surface area (Å²) in [6.07, 6.45) is 4.77. The van der Waals surface area contributed by atoms with Crippen LogP contribution in [0.25, 0.3) is 17.3 Å². The number of nitriles is 1. The van der Waals surface area contributed by atoms with Crippen molar-refractivity contribution in [3.8, 4) is 11.8 Å². The number of carbonyl (C=O) groups excluding carboxylic acids is 1. The van der Waals surface area contributed by atoms with Crippen LogP contribution in [0.15, 0.2) is 49.1 Å². The lowest BCUT2D eigenvalue weighted by Crippen LogP contribution is -2.04. The highest BCUT2D eigenvalue weighted by Gasteiger charge is 2.24. The van der Waals surface area contributed by atoms with Gasteiger partial charge in [-0.25, -0.2) is 9.67 Å². The number of carbonyl (C=O) groups is 1. The Kier molecular flexibility index (Phi) is 3.56. The Morgan fingerprint density at radius 3 is 2.88 bits per heavy atom. The molecule has 1 amide bonds. The zero-order chi connectivity index (χ0) is 17.4. The summed E-state index contributed by atoms with van der Waals surface area (Å²) in [4.78, 5) is 16.3. The predicted molar refractivity (Wildman–Crippen MR) is 94.0 cm³/mol. The Labute approximate surface area is 148 Å². The van der Waals surface area contributed by atoms with E-state index in [9.17, 15) is 4.79 Å². The first-order valence-corrected chi connectivity index (χ1v) is 7.75. The van der Waals surface area contributed by atoms with E-state index in [1.807, 2.05) is 6.07 Å². The quantitative estimate of drug-likeness (QED) is 0.721. The summed E-state index contributed by atoms with van der Waals surface area (Å²) in [6, 6.07) is 12.5. The molecule has 120 valence electrons. The van der Waals surface area contributed by atoms with E-state index in [2.05, 4.69) is 21.5 Å². The predicted octanol–water partition coefficient (Wildman–Crippen LogP) is 3.29. The Balaban J connectivity index is 1.86. The zero-order valence-electron chi connectivity index (χ0n) is 12.8. The fraction of sp³-hybridized carbons (Fsp3) is 0. The first kappa shape index (κ1) is 15.1. The molecule has 25 heavy (non-hydrogen) atoms. The number of anilines is 1. The lowest BCUT2D eigenvalue weighted by atomic mass is 10.0. The third kappa shape index (κ3) is 2.67. The number of fused-ring (bicyclic) bond motifs is 1. The molecule has 1 aromatic heterocycles. The van der Waals surface area contributed by atoms with Crippen LogP contribution >= 0.6 is 11.6 Å². The normalized spacial score (nSPS) is 14.2. The first-order valence-electron chi connectivity index (χ1n) is 7.38. The van der Waals surface area contributed by atoms with Crippen LogP contribution in [0.4, 0.5) is 5.69 Å². The summed E-state index contributed by atoms with van der Waals surface area (Å²) in [7, 11) is 0. The van der Waals surface area contributed by atoms with Crippen molar-refractivity contribution in [2.45, 2.75) is 0 Å². The maximum absolute atomic E-state index is 12.4. The Morgan fingerprint density at radius 1 is 1.24 bits per heavy atom. The topological polar surface area (TPSA) is 83.6 Å². The molecule has 1 aliphatic rings. The summed E-state index contributed by atoms with van der Waals surface area (Å²) in [5.41, 5.74) is 3.89. The number of hydrogen-bond acceptors (Lipinski definition) is 4. The van der Waals surface area contributed by atoms with Crippen LogP contribution in [-0.2, 0) is 4.79 Å². The molecule has 0 bridgehead atoms. The molecule has 4 rings (SSSR count). The SMILES string of the molecule is N#Cc1ccc2c(c1)NC(=O)/C2=C/c1ccc(Cl)cc1-n1cncn1. The molecule has 7 heteroatoms. The molecule has 0 saturated carbocycles. The number of halogens is 1. The second kappa shape index (κ2) is 5.89. The monoisotopic (exact) mass is 347 g/mol. The molecule has 0 aliphatic carbocycles. The van der Waals surface area contributed by atoms with Crippen LogP contribution in [0.5, 0.6) is 0 Å². The summed E-state index contributed by atoms with van der Waals surface area (Å²) < 4.78 is 1.59. The molecule has 2 heterocycles. The molecule has 0 spiro atoms. The van der Waals surface area contributed by atoms with Crippen LogP contribution in [0.1, 0.15) is 16.7 Å². The molecular formula is C18H10ClN5O. The van der Waals surface area contributed by atoms with Crippen molar-refractivity contribution in [2.75, 3.05) is 5.32 Å². The number of hydrogen-bond donors (Lipinski definition) is 1. The van der Waals surface area contributed by atoms with Crippen LogP contribution in [0, 0.1) is 11.3 Å². The van der Waals surface area contributed by atoms with E-state index in [0.29, 0.717) is 27.5 Å². The molecule has 0 saturated heterocycles. The van der Waals surface area contributed by atoms with Gasteiger partial charge in [-0.3, -0.25) is 4.79 Å². The van der Waals surface area contributed by atoms with Gasteiger partial charge in [-0.2, -0.15) is 10.4 Å². The van der Waals surface area contributed by atoms with Crippen molar-refractivity contribution in [3.63, 3.8) is 0 Å². The van der Waals surface area contributed by atoms with E-state index in [-0.39, 0.29) is 5.91 Å². The van der Waals surface area contributed by atoms with Gasteiger partial charge >= 0.3 is 0 Å². The first-order chi connectivity index (χ1) is 12.2. The van der Waals surface area contributed by atoms with Crippen molar-refractivity contribution in [1.29, 1.82) is 5.26 Å². The van der Waals surface area contributed by atoms with Crippen LogP contribution in [-0.4, -0.2) is 20.7 Å². The maximum atomic E-state index is 12.4. The average Bonchev–Trinajstić information content (AvgIpc) is 3.24. The number of benzene rings is 2. The number of nitrogens with one attached hydrogen (secondary N) is 1. The second-order valence-electron chi connectivity index (χ2n) is 5.43. The molecule has 0 fully saturated rings. The van der Waals surface area contributed by atoms with Crippen molar-refractivity contribution in [2.24, 2.45) is 0 Å². The number of rotatable bonds is 2. The lowest BCUT2D eigenvalue weighted by molar-refractivity contribution is -0.110. The summed E-state index contributed by atoms with van der Waals surface area (Å²) in [5, 5.41) is 16.5. The van der Waals surface area contributed by atoms with Crippen molar-refractivity contribution in [3.05, 3.63) is 70.8 Å². The highest BCUT2D eigenvalue weighted by Crippen LogP contribution is 2.34. The summed E-state index contributed by atoms with van der Waals surface area (Å²) >= 11 is 6.10. The molecule has 2 aromatic carbocycles. The van der Waals surface area contributed by atoms with Crippen LogP contribution in [0.2, 0.25) is 5.02 Å². The highest BCUT2D eigenvalue weighted by atomic mass is 35.5. The molecule has 0 radical (unpaired) electrons. The number of amides is 1. The molecule has 0 atom stereocenters. The standard InChI is InChI=1S/C18H10ClN5O/c19-13-3-2-12(17(7-13)24-10-21-9-22-24)6-15-14-4-1-11(8-20)5-16(14)23-18(15)25/h1-7,9-10H,(H,23,25)/b15-6+. The van der Waals surface area contributed by atoms with Crippen molar-refractivity contribution < 1.29 is 4.79 Å². The minimum absolute atomic E-state index is 0.218. The Morgan fingerprint density at radius 2 is 2.12 bits per heavy atom. The third-order valence-corrected chi connectivity index (χ3v) is 4.12. The average molecular weight is 348 g/mol. The van der Waals surface area contributed by atoms with E-state index in [4.69, 9.17) is 16.9 Å². The van der Waals surface area contributed by atoms with E-state index >= 15 is 0 Å². The van der Waals surface area contributed by atoms with Gasteiger partial charge in [-0.15, -0.1) is 0 Å². The van der Waals surface area contributed by atoms with E-state index < -0.39 is 0 Å². The van der Waals surface area contributed by atoms with Gasteiger partial charge in [0.05, 0.1) is 23.0 Å². The van der Waals surface area contributed by atoms with Gasteiger partial charge in [-0.05, 0) is 30.3 Å². The largest absolute Gasteiger partial charge is 0.321 e. The van der Waals surface area contributed by atoms with Gasteiger partial charge in [0.15, 0.2) is 0 Å². The van der Waals surface area contributed by atoms with Crippen LogP contribution < -0.4 is 5.32 Å². The van der Waals surface area contributed by atoms with Crippen molar-refractivity contribution >= 4 is 34.8 Å². The molecule has 1 N–H and O–H groups in total. The minimum Gasteiger partial charge on any atom is -0.321 e. The molecule has 0 unspecified atom stereocenters. The van der Waals surface area contributed by atoms with Crippen molar-refractivity contribution in [1.82, 2.24) is 14.8 Å². The fourth-order valence-electron chi connectivity index (χ4n) is 2.73. The van der Waals surface area contributed by atoms with Gasteiger partial charge in [0.1, 0.15) is 12.7 Å². The molecule has 6 nitrogen and oxygen atoms in total. The number of aromatic nitrogens is 3. The molecular weight excluding hydrogens is 338 g/mol. The van der Waals surface area contributed by atoms with Gasteiger partial charge in [0, 0.05) is 21.7 Å². The van der Waals surface area contributed by atoms with Gasteiger partial charge < -0.3 is 5.32 Å². The van der Waals surface area contributed by atoms with Gasteiger partial charge in [0.25, 0.3) is 5.91 Å². The molecule has 1 aliphatic heterocycles. The molecule has 3 aromatic rings. The zero-order valence-corrected chi connectivity index (χ0v) is 13.5. The minimum atomic E-state index is -0.218. The smallest absolute Gasteiger partial charge is 0.256 e. The van der Waals surface area contributed by atoms with Crippen LogP contribution in [0.3, 0.4) is 0 Å². The third-order valence-electron chi connectivity index (χ3n) is 3.89. The van der Waals surface area contributed by atoms with Gasteiger partial charge in [0.2, 0.25) is 0 Å². The van der Waals surface area contributed by atoms with E-state index in [1.165, 1.54) is 6.33 Å². The second-order valence-corrected chi connectivity index (χ2v) is 5.86. The Bertz CT molecular complexity index is 1060. The Hall–Kier alpha value is -3.43. The summed E-state index contributed by atoms with van der Waals surface area (Å²) in [5.74, 6) is -0.218. The fourth-order valence-corrected chi connectivity index (χ4v) is 2.90.